The Bertz CT molecular complexity index is 1310. The molecule has 33 heavy (non-hydrogen) atoms. The van der Waals surface area contributed by atoms with Crippen molar-refractivity contribution in [3.8, 4) is 11.1 Å². The van der Waals surface area contributed by atoms with Gasteiger partial charge in [0.05, 0.1) is 11.7 Å². The Balaban J connectivity index is 1.68. The number of rotatable bonds is 7. The summed E-state index contributed by atoms with van der Waals surface area (Å²) in [5.41, 5.74) is 3.73. The number of carbonyl (C=O) groups excluding carboxylic acids is 1. The van der Waals surface area contributed by atoms with Gasteiger partial charge < -0.3 is 10.3 Å². The molecule has 0 unspecified atom stereocenters. The second kappa shape index (κ2) is 9.32. The summed E-state index contributed by atoms with van der Waals surface area (Å²) in [6.07, 6.45) is 2.08. The molecule has 5 nitrogen and oxygen atoms in total. The van der Waals surface area contributed by atoms with Gasteiger partial charge in [0.15, 0.2) is 0 Å². The van der Waals surface area contributed by atoms with E-state index in [-0.39, 0.29) is 18.5 Å². The fraction of sp³-hybridized carbons (Fsp3) is 0.192. The van der Waals surface area contributed by atoms with Crippen molar-refractivity contribution in [3.05, 3.63) is 89.6 Å². The lowest BCUT2D eigenvalue weighted by Gasteiger charge is -2.30. The topological polar surface area (TPSA) is 72.8 Å². The maximum Gasteiger partial charge on any atom is 0.254 e. The van der Waals surface area contributed by atoms with Gasteiger partial charge in [0.2, 0.25) is 0 Å². The lowest BCUT2D eigenvalue weighted by atomic mass is 10.0. The van der Waals surface area contributed by atoms with Gasteiger partial charge >= 0.3 is 0 Å². The summed E-state index contributed by atoms with van der Waals surface area (Å²) in [5, 5.41) is 15.7. The third-order valence-corrected chi connectivity index (χ3v) is 5.65. The zero-order valence-electron chi connectivity index (χ0n) is 18.4. The molecule has 2 N–H and O–H groups in total. The average molecular weight is 447 g/mol. The molecule has 3 aromatic carbocycles. The van der Waals surface area contributed by atoms with Crippen molar-refractivity contribution in [1.29, 1.82) is 5.41 Å². The Morgan fingerprint density at radius 3 is 2.48 bits per heavy atom. The highest BCUT2D eigenvalue weighted by Crippen LogP contribution is 2.27. The molecule has 0 aliphatic heterocycles. The minimum Gasteiger partial charge on any atom is -0.331 e. The van der Waals surface area contributed by atoms with Crippen LogP contribution in [0.4, 0.5) is 8.78 Å². The first-order valence-corrected chi connectivity index (χ1v) is 10.6. The number of fused-ring (bicyclic) bond motifs is 1. The van der Waals surface area contributed by atoms with Crippen LogP contribution in [0.15, 0.2) is 66.9 Å². The maximum absolute atomic E-state index is 14.8. The minimum atomic E-state index is -0.435. The van der Waals surface area contributed by atoms with Crippen LogP contribution in [0.25, 0.3) is 22.0 Å². The molecule has 1 heterocycles. The van der Waals surface area contributed by atoms with E-state index in [1.165, 1.54) is 35.2 Å². The number of carbonyl (C=O) groups is 1. The van der Waals surface area contributed by atoms with E-state index in [9.17, 15) is 13.6 Å². The Kier molecular flexibility index (Phi) is 6.31. The Labute approximate surface area is 190 Å². The monoisotopic (exact) mass is 446 g/mol. The summed E-state index contributed by atoms with van der Waals surface area (Å²) < 4.78 is 28.2. The van der Waals surface area contributed by atoms with Crippen molar-refractivity contribution in [3.63, 3.8) is 0 Å². The normalized spacial score (nSPS) is 12.0. The van der Waals surface area contributed by atoms with E-state index in [1.54, 1.807) is 25.3 Å². The fourth-order valence-electron chi connectivity index (χ4n) is 3.92. The van der Waals surface area contributed by atoms with Crippen LogP contribution in [0.2, 0.25) is 0 Å². The number of aromatic amines is 1. The summed E-state index contributed by atoms with van der Waals surface area (Å²) in [7, 11) is 0. The Morgan fingerprint density at radius 1 is 1.06 bits per heavy atom. The number of aromatic nitrogens is 2. The number of hydrogen-bond donors (Lipinski definition) is 2. The summed E-state index contributed by atoms with van der Waals surface area (Å²) in [4.78, 5) is 14.8. The lowest BCUT2D eigenvalue weighted by Crippen LogP contribution is -2.39. The van der Waals surface area contributed by atoms with E-state index in [1.807, 2.05) is 25.1 Å². The smallest absolute Gasteiger partial charge is 0.254 e. The van der Waals surface area contributed by atoms with Crippen molar-refractivity contribution in [2.75, 3.05) is 0 Å². The van der Waals surface area contributed by atoms with Gasteiger partial charge in [0.1, 0.15) is 11.6 Å². The van der Waals surface area contributed by atoms with E-state index in [2.05, 4.69) is 10.2 Å². The predicted octanol–water partition coefficient (Wildman–Crippen LogP) is 5.97. The quantitative estimate of drug-likeness (QED) is 0.343. The Morgan fingerprint density at radius 2 is 1.76 bits per heavy atom. The third-order valence-electron chi connectivity index (χ3n) is 5.65. The van der Waals surface area contributed by atoms with E-state index < -0.39 is 11.6 Å². The molecule has 7 heteroatoms. The van der Waals surface area contributed by atoms with Gasteiger partial charge in [-0.25, -0.2) is 8.78 Å². The van der Waals surface area contributed by atoms with Crippen LogP contribution >= 0.6 is 0 Å². The van der Waals surface area contributed by atoms with Gasteiger partial charge in [-0.05, 0) is 73.5 Å². The molecule has 0 aliphatic rings. The first kappa shape index (κ1) is 22.3. The van der Waals surface area contributed by atoms with Crippen molar-refractivity contribution in [1.82, 2.24) is 15.1 Å². The van der Waals surface area contributed by atoms with Crippen LogP contribution in [-0.2, 0) is 6.54 Å². The standard InChI is InChI=1S/C26H24F2N4O/c1-16(29)11-17(2)32(26(33)18-3-7-23(27)8-4-18)15-22-13-19(5-9-24(22)28)20-6-10-25-21(12-20)14-30-31-25/h3-10,12-14,17,29H,11,15H2,1-2H3,(H,30,31)/t17-/m1/s1. The average Bonchev–Trinajstić information content (AvgIpc) is 3.26. The van der Waals surface area contributed by atoms with Crippen LogP contribution in [0.3, 0.4) is 0 Å². The molecule has 4 aromatic rings. The fourth-order valence-corrected chi connectivity index (χ4v) is 3.92. The van der Waals surface area contributed by atoms with E-state index in [0.29, 0.717) is 23.3 Å². The molecule has 0 saturated carbocycles. The lowest BCUT2D eigenvalue weighted by molar-refractivity contribution is 0.0679. The number of halogens is 2. The first-order chi connectivity index (χ1) is 15.8. The molecule has 4 rings (SSSR count). The van der Waals surface area contributed by atoms with Crippen molar-refractivity contribution in [2.24, 2.45) is 0 Å². The van der Waals surface area contributed by atoms with Crippen molar-refractivity contribution < 1.29 is 13.6 Å². The van der Waals surface area contributed by atoms with Crippen LogP contribution < -0.4 is 0 Å². The van der Waals surface area contributed by atoms with Gasteiger partial charge in [-0.1, -0.05) is 12.1 Å². The van der Waals surface area contributed by atoms with Crippen molar-refractivity contribution >= 4 is 22.5 Å². The molecule has 0 spiro atoms. The zero-order chi connectivity index (χ0) is 23.5. The van der Waals surface area contributed by atoms with Gasteiger partial charge in [0.25, 0.3) is 5.91 Å². The van der Waals surface area contributed by atoms with Crippen LogP contribution in [0.1, 0.15) is 36.2 Å². The molecule has 1 atom stereocenters. The van der Waals surface area contributed by atoms with Gasteiger partial charge in [-0.15, -0.1) is 0 Å². The minimum absolute atomic E-state index is 0.0261. The number of hydrogen-bond acceptors (Lipinski definition) is 3. The summed E-state index contributed by atoms with van der Waals surface area (Å²) in [6.45, 7) is 3.52. The predicted molar refractivity (Wildman–Crippen MR) is 125 cm³/mol. The number of nitrogens with one attached hydrogen (secondary N) is 2. The molecule has 0 saturated heterocycles. The molecule has 0 radical (unpaired) electrons. The molecule has 0 aliphatic carbocycles. The zero-order valence-corrected chi connectivity index (χ0v) is 18.4. The van der Waals surface area contributed by atoms with Crippen LogP contribution in [-0.4, -0.2) is 32.8 Å². The maximum atomic E-state index is 14.8. The highest BCUT2D eigenvalue weighted by molar-refractivity contribution is 5.95. The second-order valence-corrected chi connectivity index (χ2v) is 8.25. The highest BCUT2D eigenvalue weighted by Gasteiger charge is 2.24. The third kappa shape index (κ3) is 4.98. The van der Waals surface area contributed by atoms with E-state index in [4.69, 9.17) is 5.41 Å². The molecule has 0 bridgehead atoms. The molecule has 0 fully saturated rings. The number of H-pyrrole nitrogens is 1. The van der Waals surface area contributed by atoms with Gasteiger partial charge in [0, 0.05) is 41.2 Å². The molecule has 1 aromatic heterocycles. The largest absolute Gasteiger partial charge is 0.331 e. The summed E-state index contributed by atoms with van der Waals surface area (Å²) in [5.74, 6) is -1.19. The van der Waals surface area contributed by atoms with E-state index >= 15 is 0 Å². The van der Waals surface area contributed by atoms with Crippen molar-refractivity contribution in [2.45, 2.75) is 32.9 Å². The van der Waals surface area contributed by atoms with Crippen LogP contribution in [0.5, 0.6) is 0 Å². The molecular formula is C26H24F2N4O. The van der Waals surface area contributed by atoms with Gasteiger partial charge in [-0.3, -0.25) is 9.89 Å². The highest BCUT2D eigenvalue weighted by atomic mass is 19.1. The molecule has 1 amide bonds. The Hall–Kier alpha value is -3.87. The van der Waals surface area contributed by atoms with Crippen LogP contribution in [0, 0.1) is 17.0 Å². The number of benzene rings is 3. The number of amides is 1. The SMILES string of the molecule is CC(=N)C[C@@H](C)N(Cc1cc(-c2ccc3[nH]ncc3c2)ccc1F)C(=O)c1ccc(F)cc1. The second-order valence-electron chi connectivity index (χ2n) is 8.25. The summed E-state index contributed by atoms with van der Waals surface area (Å²) >= 11 is 0. The first-order valence-electron chi connectivity index (χ1n) is 10.6. The molecule has 168 valence electrons. The summed E-state index contributed by atoms with van der Waals surface area (Å²) in [6, 6.07) is 15.6. The van der Waals surface area contributed by atoms with Gasteiger partial charge in [-0.2, -0.15) is 5.10 Å². The number of nitrogens with zero attached hydrogens (tertiary/aromatic N) is 2. The molecular weight excluding hydrogens is 422 g/mol. The van der Waals surface area contributed by atoms with E-state index in [0.717, 1.165) is 22.0 Å².